The first kappa shape index (κ1) is 30.0. The second kappa shape index (κ2) is 13.7. The maximum absolute atomic E-state index is 12.6. The van der Waals surface area contributed by atoms with Gasteiger partial charge in [0.15, 0.2) is 5.79 Å². The largest absolute Gasteiger partial charge is 0.462 e. The predicted molar refractivity (Wildman–Crippen MR) is 161 cm³/mol. The standard InChI is InChI=1S/C35H37NO8/c37-25-17-27(21-40-20-24-9-2-1-3-10-24)44-35(18-25)16-8-11-26(43-35)22-41-33(38)19-36-34(39)42-23-32-30-14-6-4-12-28(30)29-13-5-7-15-31(29)32/h1-7,9-10,12-15,26-27,32H,8,11,16-23H2,(H,36,39)/t26-,27-,35-/m1/s1. The Labute approximate surface area is 256 Å². The zero-order valence-electron chi connectivity index (χ0n) is 24.6. The van der Waals surface area contributed by atoms with Crippen molar-refractivity contribution in [1.29, 1.82) is 0 Å². The molecule has 44 heavy (non-hydrogen) atoms. The summed E-state index contributed by atoms with van der Waals surface area (Å²) in [5.41, 5.74) is 5.56. The van der Waals surface area contributed by atoms with Crippen LogP contribution in [0.5, 0.6) is 0 Å². The van der Waals surface area contributed by atoms with Gasteiger partial charge in [0.2, 0.25) is 0 Å². The monoisotopic (exact) mass is 599 g/mol. The van der Waals surface area contributed by atoms with Crippen LogP contribution in [0.1, 0.15) is 54.7 Å². The molecule has 1 aliphatic carbocycles. The van der Waals surface area contributed by atoms with Gasteiger partial charge in [-0.25, -0.2) is 4.79 Å². The van der Waals surface area contributed by atoms with Gasteiger partial charge in [0.05, 0.1) is 31.8 Å². The highest BCUT2D eigenvalue weighted by Gasteiger charge is 2.46. The zero-order valence-corrected chi connectivity index (χ0v) is 24.6. The molecule has 9 nitrogen and oxygen atoms in total. The molecule has 9 heteroatoms. The molecule has 1 spiro atoms. The highest BCUT2D eigenvalue weighted by molar-refractivity contribution is 5.81. The number of ether oxygens (including phenoxy) is 5. The lowest BCUT2D eigenvalue weighted by Crippen LogP contribution is -2.52. The Kier molecular flexibility index (Phi) is 9.35. The molecule has 3 atom stereocenters. The molecule has 2 saturated heterocycles. The minimum absolute atomic E-state index is 0.000320. The minimum Gasteiger partial charge on any atom is -0.462 e. The summed E-state index contributed by atoms with van der Waals surface area (Å²) < 4.78 is 29.2. The van der Waals surface area contributed by atoms with Crippen LogP contribution in [0.25, 0.3) is 11.1 Å². The van der Waals surface area contributed by atoms with Crippen LogP contribution < -0.4 is 5.32 Å². The highest BCUT2D eigenvalue weighted by Crippen LogP contribution is 2.44. The number of benzene rings is 3. The van der Waals surface area contributed by atoms with E-state index in [4.69, 9.17) is 23.7 Å². The zero-order chi connectivity index (χ0) is 30.4. The van der Waals surface area contributed by atoms with Gasteiger partial charge >= 0.3 is 12.1 Å². The van der Waals surface area contributed by atoms with Crippen molar-refractivity contribution < 1.29 is 38.1 Å². The lowest BCUT2D eigenvalue weighted by atomic mass is 9.92. The van der Waals surface area contributed by atoms with Gasteiger partial charge in [-0.2, -0.15) is 0 Å². The second-order valence-corrected chi connectivity index (χ2v) is 11.6. The molecule has 1 amide bonds. The molecule has 2 aliphatic heterocycles. The van der Waals surface area contributed by atoms with E-state index < -0.39 is 30.1 Å². The van der Waals surface area contributed by atoms with Crippen molar-refractivity contribution >= 4 is 17.8 Å². The maximum atomic E-state index is 12.6. The third-order valence-corrected chi connectivity index (χ3v) is 8.33. The van der Waals surface area contributed by atoms with Crippen LogP contribution in [0, 0.1) is 0 Å². The number of Topliss-reactive ketones (excluding diaryl/α,β-unsaturated/α-hetero) is 1. The van der Waals surface area contributed by atoms with Crippen molar-refractivity contribution in [3.63, 3.8) is 0 Å². The summed E-state index contributed by atoms with van der Waals surface area (Å²) in [6.07, 6.45) is 0.957. The number of carbonyl (C=O) groups excluding carboxylic acids is 3. The molecule has 6 rings (SSSR count). The van der Waals surface area contributed by atoms with Crippen LogP contribution in [-0.2, 0) is 39.9 Å². The molecule has 1 N–H and O–H groups in total. The molecule has 0 bridgehead atoms. The first-order valence-corrected chi connectivity index (χ1v) is 15.2. The van der Waals surface area contributed by atoms with Crippen molar-refractivity contribution in [1.82, 2.24) is 5.32 Å². The van der Waals surface area contributed by atoms with Crippen molar-refractivity contribution in [3.05, 3.63) is 95.6 Å². The van der Waals surface area contributed by atoms with Crippen LogP contribution in [0.2, 0.25) is 0 Å². The number of fused-ring (bicyclic) bond motifs is 3. The van der Waals surface area contributed by atoms with Crippen molar-refractivity contribution in [3.8, 4) is 11.1 Å². The fraction of sp³-hybridized carbons (Fsp3) is 0.400. The van der Waals surface area contributed by atoms with Crippen LogP contribution in [0.3, 0.4) is 0 Å². The van der Waals surface area contributed by atoms with Crippen LogP contribution in [0.15, 0.2) is 78.9 Å². The van der Waals surface area contributed by atoms with E-state index in [0.29, 0.717) is 19.4 Å². The number of rotatable bonds is 10. The lowest BCUT2D eigenvalue weighted by molar-refractivity contribution is -0.313. The summed E-state index contributed by atoms with van der Waals surface area (Å²) in [5, 5.41) is 2.48. The Balaban J connectivity index is 0.928. The molecule has 2 heterocycles. The van der Waals surface area contributed by atoms with E-state index in [-0.39, 0.29) is 50.9 Å². The number of esters is 1. The van der Waals surface area contributed by atoms with Crippen LogP contribution in [-0.4, -0.2) is 62.2 Å². The summed E-state index contributed by atoms with van der Waals surface area (Å²) in [4.78, 5) is 37.5. The van der Waals surface area contributed by atoms with Gasteiger partial charge < -0.3 is 29.0 Å². The van der Waals surface area contributed by atoms with E-state index in [9.17, 15) is 14.4 Å². The molecule has 0 radical (unpaired) electrons. The van der Waals surface area contributed by atoms with E-state index in [2.05, 4.69) is 17.4 Å². The first-order chi connectivity index (χ1) is 21.5. The van der Waals surface area contributed by atoms with Gasteiger partial charge in [0, 0.05) is 18.8 Å². The Morgan fingerprint density at radius 1 is 0.818 bits per heavy atom. The van der Waals surface area contributed by atoms with Gasteiger partial charge in [-0.1, -0.05) is 78.9 Å². The fourth-order valence-electron chi connectivity index (χ4n) is 6.37. The molecular weight excluding hydrogens is 562 g/mol. The fourth-order valence-corrected chi connectivity index (χ4v) is 6.37. The Bertz CT molecular complexity index is 1430. The van der Waals surface area contributed by atoms with Crippen molar-refractivity contribution in [2.45, 2.75) is 62.6 Å². The third kappa shape index (κ3) is 7.18. The average Bonchev–Trinajstić information content (AvgIpc) is 3.35. The number of alkyl carbamates (subject to hydrolysis) is 1. The van der Waals surface area contributed by atoms with E-state index in [1.807, 2.05) is 66.7 Å². The van der Waals surface area contributed by atoms with Gasteiger partial charge in [-0.05, 0) is 40.7 Å². The maximum Gasteiger partial charge on any atom is 0.407 e. The Morgan fingerprint density at radius 3 is 2.25 bits per heavy atom. The van der Waals surface area contributed by atoms with E-state index in [1.165, 1.54) is 0 Å². The van der Waals surface area contributed by atoms with Crippen LogP contribution in [0.4, 0.5) is 4.79 Å². The molecule has 0 saturated carbocycles. The number of hydrogen-bond acceptors (Lipinski definition) is 8. The van der Waals surface area contributed by atoms with E-state index >= 15 is 0 Å². The smallest absolute Gasteiger partial charge is 0.407 e. The molecule has 230 valence electrons. The molecule has 2 fully saturated rings. The first-order valence-electron chi connectivity index (χ1n) is 15.2. The number of amides is 1. The van der Waals surface area contributed by atoms with Crippen molar-refractivity contribution in [2.75, 3.05) is 26.4 Å². The number of ketones is 1. The van der Waals surface area contributed by atoms with Crippen molar-refractivity contribution in [2.24, 2.45) is 0 Å². The third-order valence-electron chi connectivity index (χ3n) is 8.33. The normalized spacial score (nSPS) is 22.7. The molecule has 3 aromatic rings. The Morgan fingerprint density at radius 2 is 1.50 bits per heavy atom. The minimum atomic E-state index is -1.04. The molecule has 3 aliphatic rings. The SMILES string of the molecule is O=C1C[C@H](COCc2ccccc2)O[C@]2(CCC[C@H](COC(=O)CNC(=O)OCC3c4ccccc4-c4ccccc43)O2)C1. The molecule has 3 aromatic carbocycles. The summed E-state index contributed by atoms with van der Waals surface area (Å²) in [6.45, 7) is 0.548. The lowest BCUT2D eigenvalue weighted by Gasteiger charge is -2.45. The summed E-state index contributed by atoms with van der Waals surface area (Å²) in [6, 6.07) is 26.0. The number of nitrogens with one attached hydrogen (secondary N) is 1. The quantitative estimate of drug-likeness (QED) is 0.313. The van der Waals surface area contributed by atoms with Gasteiger partial charge in [0.25, 0.3) is 0 Å². The van der Waals surface area contributed by atoms with E-state index in [0.717, 1.165) is 34.2 Å². The second-order valence-electron chi connectivity index (χ2n) is 11.6. The number of hydrogen-bond donors (Lipinski definition) is 1. The number of carbonyl (C=O) groups is 3. The summed E-state index contributed by atoms with van der Waals surface area (Å²) in [7, 11) is 0. The molecule has 0 aromatic heterocycles. The molecule has 0 unspecified atom stereocenters. The van der Waals surface area contributed by atoms with Gasteiger partial charge in [-0.3, -0.25) is 9.59 Å². The summed E-state index contributed by atoms with van der Waals surface area (Å²) in [5.74, 6) is -1.64. The average molecular weight is 600 g/mol. The van der Waals surface area contributed by atoms with E-state index in [1.54, 1.807) is 0 Å². The molecular formula is C35H37NO8. The highest BCUT2D eigenvalue weighted by atomic mass is 16.7. The Hall–Kier alpha value is -4.05. The summed E-state index contributed by atoms with van der Waals surface area (Å²) >= 11 is 0. The van der Waals surface area contributed by atoms with Gasteiger partial charge in [-0.15, -0.1) is 0 Å². The topological polar surface area (TPSA) is 109 Å². The van der Waals surface area contributed by atoms with Crippen LogP contribution >= 0.6 is 0 Å². The predicted octanol–water partition coefficient (Wildman–Crippen LogP) is 5.30. The van der Waals surface area contributed by atoms with Gasteiger partial charge in [0.1, 0.15) is 25.5 Å².